The predicted molar refractivity (Wildman–Crippen MR) is 55.4 cm³/mol. The Kier molecular flexibility index (Phi) is 4.22. The lowest BCUT2D eigenvalue weighted by molar-refractivity contribution is 0.0659. The number of hydrogen-bond donors (Lipinski definition) is 1. The average molecular weight is 199 g/mol. The lowest BCUT2D eigenvalue weighted by Gasteiger charge is -2.23. The molecule has 14 heavy (non-hydrogen) atoms. The second kappa shape index (κ2) is 5.69. The molecule has 0 amide bonds. The van der Waals surface area contributed by atoms with Gasteiger partial charge in [0.25, 0.3) is 0 Å². The van der Waals surface area contributed by atoms with E-state index in [1.54, 1.807) is 0 Å². The first-order chi connectivity index (χ1) is 6.95. The molecule has 0 aromatic carbocycles. The standard InChI is InChI=1S/C11H21NO2/c1-3-10(9-13-7-1)12-6-5-11-4-2-8-14-11/h10-12H,1-9H2. The number of hydrogen-bond acceptors (Lipinski definition) is 3. The van der Waals surface area contributed by atoms with Gasteiger partial charge in [0.15, 0.2) is 0 Å². The van der Waals surface area contributed by atoms with E-state index < -0.39 is 0 Å². The Balaban J connectivity index is 1.52. The second-order valence-corrected chi connectivity index (χ2v) is 4.29. The van der Waals surface area contributed by atoms with Gasteiger partial charge in [-0.15, -0.1) is 0 Å². The molecule has 1 N–H and O–H groups in total. The van der Waals surface area contributed by atoms with Gasteiger partial charge < -0.3 is 14.8 Å². The van der Waals surface area contributed by atoms with Crippen molar-refractivity contribution >= 4 is 0 Å². The normalized spacial score (nSPS) is 33.4. The third-order valence-corrected chi connectivity index (χ3v) is 3.08. The van der Waals surface area contributed by atoms with Crippen LogP contribution in [0, 0.1) is 0 Å². The molecule has 2 saturated heterocycles. The molecule has 2 rings (SSSR count). The van der Waals surface area contributed by atoms with Crippen molar-refractivity contribution in [3.8, 4) is 0 Å². The van der Waals surface area contributed by atoms with Crippen LogP contribution in [0.15, 0.2) is 0 Å². The molecule has 0 aliphatic carbocycles. The van der Waals surface area contributed by atoms with Gasteiger partial charge in [-0.1, -0.05) is 0 Å². The van der Waals surface area contributed by atoms with Crippen molar-refractivity contribution < 1.29 is 9.47 Å². The molecule has 2 aliphatic rings. The molecule has 0 bridgehead atoms. The molecular formula is C11H21NO2. The first kappa shape index (κ1) is 10.4. The van der Waals surface area contributed by atoms with Gasteiger partial charge in [0, 0.05) is 19.3 Å². The molecule has 2 atom stereocenters. The molecule has 0 radical (unpaired) electrons. The summed E-state index contributed by atoms with van der Waals surface area (Å²) >= 11 is 0. The van der Waals surface area contributed by atoms with Crippen LogP contribution in [0.3, 0.4) is 0 Å². The topological polar surface area (TPSA) is 30.5 Å². The lowest BCUT2D eigenvalue weighted by atomic mass is 10.1. The Hall–Kier alpha value is -0.120. The van der Waals surface area contributed by atoms with Gasteiger partial charge in [-0.05, 0) is 38.6 Å². The monoisotopic (exact) mass is 199 g/mol. The highest BCUT2D eigenvalue weighted by Crippen LogP contribution is 2.14. The van der Waals surface area contributed by atoms with Gasteiger partial charge in [0.1, 0.15) is 0 Å². The number of nitrogens with one attached hydrogen (secondary N) is 1. The van der Waals surface area contributed by atoms with Crippen molar-refractivity contribution in [1.29, 1.82) is 0 Å². The molecule has 0 saturated carbocycles. The van der Waals surface area contributed by atoms with Crippen LogP contribution in [0.4, 0.5) is 0 Å². The van der Waals surface area contributed by atoms with Crippen molar-refractivity contribution in [1.82, 2.24) is 5.32 Å². The first-order valence-corrected chi connectivity index (χ1v) is 5.88. The van der Waals surface area contributed by atoms with Crippen LogP contribution in [-0.4, -0.2) is 38.5 Å². The predicted octanol–water partition coefficient (Wildman–Crippen LogP) is 1.32. The Morgan fingerprint density at radius 3 is 2.79 bits per heavy atom. The fourth-order valence-corrected chi connectivity index (χ4v) is 2.22. The molecule has 3 nitrogen and oxygen atoms in total. The zero-order valence-corrected chi connectivity index (χ0v) is 8.84. The molecule has 2 fully saturated rings. The van der Waals surface area contributed by atoms with Crippen LogP contribution < -0.4 is 5.32 Å². The summed E-state index contributed by atoms with van der Waals surface area (Å²) in [4.78, 5) is 0. The highest BCUT2D eigenvalue weighted by Gasteiger charge is 2.17. The van der Waals surface area contributed by atoms with Gasteiger partial charge in [0.05, 0.1) is 12.7 Å². The third kappa shape index (κ3) is 3.23. The Bertz CT molecular complexity index is 151. The number of rotatable bonds is 4. The molecule has 2 aliphatic heterocycles. The minimum Gasteiger partial charge on any atom is -0.380 e. The maximum Gasteiger partial charge on any atom is 0.0619 e. The Morgan fingerprint density at radius 1 is 1.14 bits per heavy atom. The van der Waals surface area contributed by atoms with Crippen molar-refractivity contribution in [3.63, 3.8) is 0 Å². The molecular weight excluding hydrogens is 178 g/mol. The quantitative estimate of drug-likeness (QED) is 0.741. The molecule has 2 unspecified atom stereocenters. The van der Waals surface area contributed by atoms with Gasteiger partial charge in [-0.2, -0.15) is 0 Å². The van der Waals surface area contributed by atoms with Gasteiger partial charge >= 0.3 is 0 Å². The number of ether oxygens (including phenoxy) is 2. The summed E-state index contributed by atoms with van der Waals surface area (Å²) in [5, 5.41) is 3.54. The van der Waals surface area contributed by atoms with Crippen LogP contribution >= 0.6 is 0 Å². The third-order valence-electron chi connectivity index (χ3n) is 3.08. The summed E-state index contributed by atoms with van der Waals surface area (Å²) in [6, 6.07) is 0.588. The van der Waals surface area contributed by atoms with E-state index in [0.717, 1.165) is 32.8 Å². The summed E-state index contributed by atoms with van der Waals surface area (Å²) in [7, 11) is 0. The van der Waals surface area contributed by atoms with E-state index in [4.69, 9.17) is 9.47 Å². The second-order valence-electron chi connectivity index (χ2n) is 4.29. The highest BCUT2D eigenvalue weighted by molar-refractivity contribution is 4.72. The molecule has 82 valence electrons. The fourth-order valence-electron chi connectivity index (χ4n) is 2.22. The molecule has 2 heterocycles. The fraction of sp³-hybridized carbons (Fsp3) is 1.00. The summed E-state index contributed by atoms with van der Waals surface area (Å²) in [5.41, 5.74) is 0. The maximum atomic E-state index is 5.57. The largest absolute Gasteiger partial charge is 0.380 e. The van der Waals surface area contributed by atoms with Crippen molar-refractivity contribution in [2.75, 3.05) is 26.4 Å². The summed E-state index contributed by atoms with van der Waals surface area (Å²) < 4.78 is 11.0. The smallest absolute Gasteiger partial charge is 0.0619 e. The zero-order chi connectivity index (χ0) is 9.64. The average Bonchev–Trinajstić information content (AvgIpc) is 2.72. The SMILES string of the molecule is C1COCC(NCCC2CCCO2)C1. The van der Waals surface area contributed by atoms with Gasteiger partial charge in [-0.3, -0.25) is 0 Å². The molecule has 0 aromatic rings. The van der Waals surface area contributed by atoms with Crippen molar-refractivity contribution in [2.24, 2.45) is 0 Å². The van der Waals surface area contributed by atoms with Crippen molar-refractivity contribution in [3.05, 3.63) is 0 Å². The van der Waals surface area contributed by atoms with E-state index in [1.165, 1.54) is 25.7 Å². The van der Waals surface area contributed by atoms with Gasteiger partial charge in [0.2, 0.25) is 0 Å². The Morgan fingerprint density at radius 2 is 2.07 bits per heavy atom. The van der Waals surface area contributed by atoms with E-state index >= 15 is 0 Å². The van der Waals surface area contributed by atoms with E-state index in [1.807, 2.05) is 0 Å². The summed E-state index contributed by atoms with van der Waals surface area (Å²) in [6.07, 6.45) is 6.66. The summed E-state index contributed by atoms with van der Waals surface area (Å²) in [5.74, 6) is 0. The van der Waals surface area contributed by atoms with E-state index in [9.17, 15) is 0 Å². The first-order valence-electron chi connectivity index (χ1n) is 5.88. The van der Waals surface area contributed by atoms with Crippen LogP contribution in [0.25, 0.3) is 0 Å². The minimum atomic E-state index is 0.520. The van der Waals surface area contributed by atoms with Gasteiger partial charge in [-0.25, -0.2) is 0 Å². The van der Waals surface area contributed by atoms with E-state index in [2.05, 4.69) is 5.32 Å². The van der Waals surface area contributed by atoms with E-state index in [-0.39, 0.29) is 0 Å². The Labute approximate surface area is 86.2 Å². The zero-order valence-electron chi connectivity index (χ0n) is 8.84. The van der Waals surface area contributed by atoms with E-state index in [0.29, 0.717) is 12.1 Å². The molecule has 0 aromatic heterocycles. The minimum absolute atomic E-state index is 0.520. The van der Waals surface area contributed by atoms with Crippen LogP contribution in [0.1, 0.15) is 32.1 Å². The van der Waals surface area contributed by atoms with Crippen LogP contribution in [0.2, 0.25) is 0 Å². The lowest BCUT2D eigenvalue weighted by Crippen LogP contribution is -2.38. The van der Waals surface area contributed by atoms with Crippen LogP contribution in [0.5, 0.6) is 0 Å². The van der Waals surface area contributed by atoms with Crippen molar-refractivity contribution in [2.45, 2.75) is 44.2 Å². The summed E-state index contributed by atoms with van der Waals surface area (Å²) in [6.45, 7) is 3.89. The molecule has 3 heteroatoms. The highest BCUT2D eigenvalue weighted by atomic mass is 16.5. The molecule has 0 spiro atoms. The maximum absolute atomic E-state index is 5.57. The van der Waals surface area contributed by atoms with Crippen LogP contribution in [-0.2, 0) is 9.47 Å².